The van der Waals surface area contributed by atoms with E-state index in [1.807, 2.05) is 0 Å². The van der Waals surface area contributed by atoms with Crippen molar-refractivity contribution in [2.75, 3.05) is 25.5 Å². The first-order valence-corrected chi connectivity index (χ1v) is 8.64. The molecule has 20 heavy (non-hydrogen) atoms. The average Bonchev–Trinajstić information content (AvgIpc) is 3.18. The average molecular weight is 317 g/mol. The highest BCUT2D eigenvalue weighted by atomic mass is 35.7. The molecule has 1 saturated carbocycles. The van der Waals surface area contributed by atoms with E-state index in [-0.39, 0.29) is 10.8 Å². The molecule has 5 nitrogen and oxygen atoms in total. The number of hydrogen-bond donors (Lipinski definition) is 1. The maximum atomic E-state index is 12.0. The molecule has 1 fully saturated rings. The third-order valence-electron chi connectivity index (χ3n) is 3.21. The minimum atomic E-state index is -3.90. The van der Waals surface area contributed by atoms with Crippen molar-refractivity contribution in [3.63, 3.8) is 0 Å². The molecule has 0 aliphatic heterocycles. The normalized spacial score (nSPS) is 14.9. The van der Waals surface area contributed by atoms with E-state index in [2.05, 4.69) is 5.32 Å². The minimum absolute atomic E-state index is 0.0526. The predicted octanol–water partition coefficient (Wildman–Crippen LogP) is 1.82. The smallest absolute Gasteiger partial charge is 0.263 e. The van der Waals surface area contributed by atoms with E-state index in [0.717, 1.165) is 12.8 Å². The molecule has 0 atom stereocenters. The van der Waals surface area contributed by atoms with E-state index in [0.29, 0.717) is 23.7 Å². The molecule has 1 aliphatic rings. The van der Waals surface area contributed by atoms with Gasteiger partial charge in [0, 0.05) is 36.9 Å². The van der Waals surface area contributed by atoms with Crippen LogP contribution in [0.4, 0.5) is 5.69 Å². The van der Waals surface area contributed by atoms with Gasteiger partial charge in [-0.05, 0) is 37.0 Å². The van der Waals surface area contributed by atoms with E-state index in [1.165, 1.54) is 6.07 Å². The van der Waals surface area contributed by atoms with Crippen molar-refractivity contribution in [1.29, 1.82) is 0 Å². The second-order valence-electron chi connectivity index (χ2n) is 5.17. The molecule has 0 saturated heterocycles. The van der Waals surface area contributed by atoms with Gasteiger partial charge in [-0.15, -0.1) is 0 Å². The topological polar surface area (TPSA) is 66.5 Å². The Bertz CT molecular complexity index is 625. The summed E-state index contributed by atoms with van der Waals surface area (Å²) in [5.41, 5.74) is 0.759. The van der Waals surface area contributed by atoms with E-state index in [1.54, 1.807) is 31.1 Å². The van der Waals surface area contributed by atoms with Crippen LogP contribution in [-0.2, 0) is 9.05 Å². The van der Waals surface area contributed by atoms with Crippen LogP contribution in [0, 0.1) is 5.92 Å². The van der Waals surface area contributed by atoms with Crippen LogP contribution in [-0.4, -0.2) is 35.0 Å². The molecule has 110 valence electrons. The molecular weight excluding hydrogens is 300 g/mol. The summed E-state index contributed by atoms with van der Waals surface area (Å²) < 4.78 is 23.2. The Hall–Kier alpha value is -1.27. The number of carbonyl (C=O) groups is 1. The summed E-state index contributed by atoms with van der Waals surface area (Å²) >= 11 is 0. The lowest BCUT2D eigenvalue weighted by atomic mass is 10.2. The molecule has 0 unspecified atom stereocenters. The SMILES string of the molecule is CN(C)c1ccc(C(=O)NCC2CC2)cc1S(=O)(=O)Cl. The lowest BCUT2D eigenvalue weighted by molar-refractivity contribution is 0.0951. The summed E-state index contributed by atoms with van der Waals surface area (Å²) in [5, 5.41) is 2.80. The second-order valence-corrected chi connectivity index (χ2v) is 7.70. The number of hydrogen-bond acceptors (Lipinski definition) is 4. The highest BCUT2D eigenvalue weighted by Crippen LogP contribution is 2.29. The van der Waals surface area contributed by atoms with E-state index < -0.39 is 9.05 Å². The predicted molar refractivity (Wildman–Crippen MR) is 78.9 cm³/mol. The van der Waals surface area contributed by atoms with Crippen molar-refractivity contribution in [1.82, 2.24) is 5.32 Å². The quantitative estimate of drug-likeness (QED) is 0.842. The third-order valence-corrected chi connectivity index (χ3v) is 4.57. The van der Waals surface area contributed by atoms with Gasteiger partial charge in [-0.1, -0.05) is 0 Å². The summed E-state index contributed by atoms with van der Waals surface area (Å²) in [5.74, 6) is 0.292. The monoisotopic (exact) mass is 316 g/mol. The fraction of sp³-hybridized carbons (Fsp3) is 0.462. The minimum Gasteiger partial charge on any atom is -0.377 e. The standard InChI is InChI=1S/C13H17ClN2O3S/c1-16(2)11-6-5-10(7-12(11)20(14,18)19)13(17)15-8-9-3-4-9/h5-7,9H,3-4,8H2,1-2H3,(H,15,17). The first kappa shape index (κ1) is 15.1. The van der Waals surface area contributed by atoms with Crippen molar-refractivity contribution in [2.24, 2.45) is 5.92 Å². The Kier molecular flexibility index (Phi) is 4.25. The van der Waals surface area contributed by atoms with Crippen molar-refractivity contribution < 1.29 is 13.2 Å². The van der Waals surface area contributed by atoms with Crippen LogP contribution < -0.4 is 10.2 Å². The summed E-state index contributed by atoms with van der Waals surface area (Å²) in [4.78, 5) is 13.6. The zero-order valence-electron chi connectivity index (χ0n) is 11.4. The highest BCUT2D eigenvalue weighted by Gasteiger charge is 2.23. The molecule has 7 heteroatoms. The fourth-order valence-electron chi connectivity index (χ4n) is 1.88. The lowest BCUT2D eigenvalue weighted by Crippen LogP contribution is -2.26. The number of rotatable bonds is 5. The van der Waals surface area contributed by atoms with Gasteiger partial charge in [0.15, 0.2) is 0 Å². The van der Waals surface area contributed by atoms with Crippen LogP contribution in [0.15, 0.2) is 23.1 Å². The Labute approximate surface area is 123 Å². The van der Waals surface area contributed by atoms with E-state index in [4.69, 9.17) is 10.7 Å². The molecule has 2 rings (SSSR count). The molecule has 0 bridgehead atoms. The van der Waals surface area contributed by atoms with Crippen LogP contribution in [0.1, 0.15) is 23.2 Å². The molecule has 1 aliphatic carbocycles. The fourth-order valence-corrected chi connectivity index (χ4v) is 3.02. The lowest BCUT2D eigenvalue weighted by Gasteiger charge is -2.16. The van der Waals surface area contributed by atoms with Crippen molar-refractivity contribution in [2.45, 2.75) is 17.7 Å². The Balaban J connectivity index is 2.28. The van der Waals surface area contributed by atoms with Gasteiger partial charge in [0.2, 0.25) is 0 Å². The molecule has 1 N–H and O–H groups in total. The van der Waals surface area contributed by atoms with E-state index >= 15 is 0 Å². The summed E-state index contributed by atoms with van der Waals surface area (Å²) in [6.45, 7) is 0.636. The van der Waals surface area contributed by atoms with Gasteiger partial charge in [0.1, 0.15) is 4.90 Å². The molecular formula is C13H17ClN2O3S. The number of nitrogens with one attached hydrogen (secondary N) is 1. The van der Waals surface area contributed by atoms with Crippen LogP contribution in [0.25, 0.3) is 0 Å². The number of benzene rings is 1. The molecule has 1 amide bonds. The number of carbonyl (C=O) groups excluding carboxylic acids is 1. The van der Waals surface area contributed by atoms with Crippen LogP contribution >= 0.6 is 10.7 Å². The van der Waals surface area contributed by atoms with Crippen LogP contribution in [0.5, 0.6) is 0 Å². The summed E-state index contributed by atoms with van der Waals surface area (Å²) in [7, 11) is 4.96. The molecule has 0 aromatic heterocycles. The van der Waals surface area contributed by atoms with Gasteiger partial charge < -0.3 is 10.2 Å². The van der Waals surface area contributed by atoms with Gasteiger partial charge in [0.25, 0.3) is 15.0 Å². The van der Waals surface area contributed by atoms with Gasteiger partial charge in [-0.2, -0.15) is 0 Å². The van der Waals surface area contributed by atoms with Gasteiger partial charge in [0.05, 0.1) is 5.69 Å². The van der Waals surface area contributed by atoms with Crippen LogP contribution in [0.3, 0.4) is 0 Å². The Morgan fingerprint density at radius 2 is 2.05 bits per heavy atom. The number of halogens is 1. The first-order valence-electron chi connectivity index (χ1n) is 6.33. The molecule has 1 aromatic carbocycles. The van der Waals surface area contributed by atoms with Crippen molar-refractivity contribution in [3.8, 4) is 0 Å². The van der Waals surface area contributed by atoms with E-state index in [9.17, 15) is 13.2 Å². The Morgan fingerprint density at radius 1 is 1.40 bits per heavy atom. The maximum Gasteiger partial charge on any atom is 0.263 e. The molecule has 1 aromatic rings. The third kappa shape index (κ3) is 3.64. The second kappa shape index (κ2) is 5.61. The zero-order valence-corrected chi connectivity index (χ0v) is 13.0. The zero-order chi connectivity index (χ0) is 14.9. The van der Waals surface area contributed by atoms with Crippen molar-refractivity contribution >= 4 is 31.3 Å². The number of nitrogens with zero attached hydrogens (tertiary/aromatic N) is 1. The maximum absolute atomic E-state index is 12.0. The van der Waals surface area contributed by atoms with Gasteiger partial charge in [-0.3, -0.25) is 4.79 Å². The van der Waals surface area contributed by atoms with Gasteiger partial charge in [-0.25, -0.2) is 8.42 Å². The largest absolute Gasteiger partial charge is 0.377 e. The molecule has 0 radical (unpaired) electrons. The summed E-state index contributed by atoms with van der Waals surface area (Å²) in [6, 6.07) is 4.50. The first-order chi connectivity index (χ1) is 9.29. The molecule has 0 spiro atoms. The highest BCUT2D eigenvalue weighted by molar-refractivity contribution is 8.13. The van der Waals surface area contributed by atoms with Gasteiger partial charge >= 0.3 is 0 Å². The number of anilines is 1. The molecule has 0 heterocycles. The number of amides is 1. The Morgan fingerprint density at radius 3 is 2.55 bits per heavy atom. The van der Waals surface area contributed by atoms with Crippen LogP contribution in [0.2, 0.25) is 0 Å². The van der Waals surface area contributed by atoms with Crippen molar-refractivity contribution in [3.05, 3.63) is 23.8 Å². The summed E-state index contributed by atoms with van der Waals surface area (Å²) in [6.07, 6.45) is 2.28.